The second-order valence-corrected chi connectivity index (χ2v) is 52.1. The van der Waals surface area contributed by atoms with Gasteiger partial charge in [0.25, 0.3) is 0 Å². The molecule has 0 radical (unpaired) electrons. The molecule has 0 fully saturated rings. The smallest absolute Gasteiger partial charge is 0.0134 e. The van der Waals surface area contributed by atoms with Crippen LogP contribution in [0.4, 0.5) is 0 Å². The average molecular weight is 2210 g/mol. The SMILES string of the molecule is Brc1c(Br)c(Br)c(Br)c(Br)c1Br.C.CCC[CH2][Sn]([CH2]CCC)([CH2]CCC)[c]1ccc(C)s1.Cc1c(C)c(C)c(C)c(C)c1C.Cc1cccs1.Cc1cccs1.[Cl][Pd][Cl].[Cu][I].c1ccc(P(c2ccccc2)c2ccccc2)cc1.c1ccc(P(c2ccccc2)c2ccccc2)cc1. The van der Waals surface area contributed by atoms with Crippen molar-refractivity contribution in [1.29, 1.82) is 0 Å². The van der Waals surface area contributed by atoms with Crippen molar-refractivity contribution in [2.24, 2.45) is 0 Å². The summed E-state index contributed by atoms with van der Waals surface area (Å²) in [6.07, 6.45) is 8.55. The maximum absolute atomic E-state index is 4.81. The quantitative estimate of drug-likeness (QED) is 0.0297. The third-order valence-corrected chi connectivity index (χ3v) is 49.9. The maximum Gasteiger partial charge on any atom is -0.0134 e. The van der Waals surface area contributed by atoms with Gasteiger partial charge in [-0.2, -0.15) is 0 Å². The van der Waals surface area contributed by atoms with Crippen LogP contribution < -0.4 is 34.7 Å². The first-order valence-corrected chi connectivity index (χ1v) is 56.9. The summed E-state index contributed by atoms with van der Waals surface area (Å²) < 4.78 is 12.5. The van der Waals surface area contributed by atoms with Crippen molar-refractivity contribution in [2.45, 2.75) is 142 Å². The van der Waals surface area contributed by atoms with Crippen molar-refractivity contribution in [2.75, 3.05) is 0 Å². The second kappa shape index (κ2) is 55.3. The van der Waals surface area contributed by atoms with Gasteiger partial charge in [0.15, 0.2) is 0 Å². The Hall–Kier alpha value is -0.109. The van der Waals surface area contributed by atoms with E-state index in [0.29, 0.717) is 0 Å². The molecule has 0 aliphatic heterocycles. The van der Waals surface area contributed by atoms with Crippen LogP contribution in [-0.2, 0) is 28.7 Å². The number of thiophene rings is 3. The Bertz CT molecular complexity index is 3230. The number of rotatable bonds is 16. The summed E-state index contributed by atoms with van der Waals surface area (Å²) in [5.74, 6) is 0. The van der Waals surface area contributed by atoms with Gasteiger partial charge in [-0.05, 0) is 255 Å². The molecule has 0 aliphatic rings. The van der Waals surface area contributed by atoms with Gasteiger partial charge in [0, 0.05) is 36.6 Å². The second-order valence-electron chi connectivity index (χ2n) is 22.8. The van der Waals surface area contributed by atoms with Crippen LogP contribution in [0.3, 0.4) is 0 Å². The van der Waals surface area contributed by atoms with Gasteiger partial charge in [-0.25, -0.2) is 0 Å². The Kier molecular flexibility index (Phi) is 53.1. The minimum absolute atomic E-state index is 0. The van der Waals surface area contributed by atoms with Crippen LogP contribution in [0.25, 0.3) is 0 Å². The number of unbranched alkanes of at least 4 members (excludes halogenated alkanes) is 3. The summed E-state index contributed by atoms with van der Waals surface area (Å²) in [6.45, 7) is 26.8. The van der Waals surface area contributed by atoms with E-state index in [-0.39, 0.29) is 23.4 Å². The van der Waals surface area contributed by atoms with Crippen LogP contribution in [0.15, 0.2) is 256 Å². The van der Waals surface area contributed by atoms with Gasteiger partial charge < -0.3 is 0 Å². The van der Waals surface area contributed by atoms with Crippen LogP contribution in [0.1, 0.15) is 115 Å². The average Bonchev–Trinajstić information content (AvgIpc) is 1.83. The fourth-order valence-electron chi connectivity index (χ4n) is 10.4. The molecule has 0 atom stereocenters. The predicted octanol–water partition coefficient (Wildman–Crippen LogP) is 29.8. The number of halogens is 9. The van der Waals surface area contributed by atoms with Crippen molar-refractivity contribution in [3.63, 3.8) is 0 Å². The van der Waals surface area contributed by atoms with Crippen LogP contribution in [0, 0.1) is 62.3 Å². The van der Waals surface area contributed by atoms with Crippen molar-refractivity contribution >= 4 is 238 Å². The van der Waals surface area contributed by atoms with Crippen molar-refractivity contribution in [3.8, 4) is 0 Å². The summed E-state index contributed by atoms with van der Waals surface area (Å²) in [5, 5.41) is 12.5. The molecule has 0 saturated heterocycles. The van der Waals surface area contributed by atoms with Crippen LogP contribution in [0.2, 0.25) is 13.3 Å². The molecule has 3 heterocycles. The van der Waals surface area contributed by atoms with E-state index in [9.17, 15) is 0 Å². The van der Waals surface area contributed by atoms with E-state index in [4.69, 9.17) is 19.1 Å². The summed E-state index contributed by atoms with van der Waals surface area (Å²) in [7, 11) is 8.74. The number of hydrogen-bond donors (Lipinski definition) is 0. The topological polar surface area (TPSA) is 0 Å². The van der Waals surface area contributed by atoms with E-state index in [1.54, 1.807) is 56.3 Å². The van der Waals surface area contributed by atoms with Crippen molar-refractivity contribution < 1.29 is 28.7 Å². The molecule has 11 rings (SSSR count). The Morgan fingerprint density at radius 3 is 0.697 bits per heavy atom. The molecule has 8 aromatic carbocycles. The first-order chi connectivity index (χ1) is 47.2. The Morgan fingerprint density at radius 1 is 0.343 bits per heavy atom. The summed E-state index contributed by atoms with van der Waals surface area (Å²) in [5.41, 5.74) is 8.73. The van der Waals surface area contributed by atoms with Gasteiger partial charge in [0.05, 0.1) is 0 Å². The molecule has 0 unspecified atom stereocenters. The van der Waals surface area contributed by atoms with Crippen LogP contribution in [-0.4, -0.2) is 18.4 Å². The number of hydrogen-bond acceptors (Lipinski definition) is 3. The maximum atomic E-state index is 4.81. The molecule has 0 saturated carbocycles. The van der Waals surface area contributed by atoms with Gasteiger partial charge >= 0.3 is 197 Å². The largest absolute Gasteiger partial charge is 0.0622 e. The minimum Gasteiger partial charge on any atom is -0.0622 e. The molecule has 0 N–H and O–H groups in total. The predicted molar refractivity (Wildman–Crippen MR) is 482 cm³/mol. The Morgan fingerprint density at radius 2 is 0.556 bits per heavy atom. The molecule has 0 aliphatic carbocycles. The van der Waals surface area contributed by atoms with Gasteiger partial charge in [-0.1, -0.05) is 202 Å². The molecule has 11 aromatic rings. The molecular weight excluding hydrogens is 2110 g/mol. The normalized spacial score (nSPS) is 10.3. The first-order valence-electron chi connectivity index (χ1n) is 32.3. The summed E-state index contributed by atoms with van der Waals surface area (Å²) in [4.78, 5) is 4.30. The van der Waals surface area contributed by atoms with E-state index >= 15 is 0 Å². The summed E-state index contributed by atoms with van der Waals surface area (Å²) in [6, 6.07) is 77.8. The number of aryl methyl sites for hydroxylation is 3. The molecule has 0 nitrogen and oxygen atoms in total. The van der Waals surface area contributed by atoms with Gasteiger partial charge in [0.1, 0.15) is 0 Å². The molecular formula is C82H96Br6Cl2CuIP2PdS3Sn. The standard InChI is InChI=1S/2C18H15P.C12H18.C6Br6.2C5H6S.C5H5S.3C4H9.CH4.2ClH.Cu.HI.Pd.Sn/c2*1-4-10-16(11-5-1)19(17-12-6-2-7-13-17)18-14-8-3-9-15-18;1-7-8(2)10(4)12(6)11(5)9(7)3;7-1-2(8)4(10)6(12)5(11)3(1)9;3*1-5-3-2-4-6-5;3*1-3-4-2;;;;;;;/h2*1-15H;1-6H3;;2*2-4H,1H3;2-3H,1H3;3*1,3-4H2,2H3;1H4;2*1H;;1H;;/q;;;;;;;;;;;;;+1;;+2;/p-3. The van der Waals surface area contributed by atoms with E-state index in [1.807, 2.05) is 2.89 Å². The van der Waals surface area contributed by atoms with Crippen molar-refractivity contribution in [1.82, 2.24) is 0 Å². The van der Waals surface area contributed by atoms with Gasteiger partial charge in [0.2, 0.25) is 0 Å². The third-order valence-electron chi connectivity index (χ3n) is 16.2. The van der Waals surface area contributed by atoms with Crippen molar-refractivity contribution in [3.05, 3.63) is 304 Å². The van der Waals surface area contributed by atoms with E-state index in [2.05, 4.69) is 432 Å². The van der Waals surface area contributed by atoms with Gasteiger partial charge in [-0.3, -0.25) is 0 Å². The van der Waals surface area contributed by atoms with Gasteiger partial charge in [-0.15, -0.1) is 22.7 Å². The summed E-state index contributed by atoms with van der Waals surface area (Å²) >= 11 is 30.0. The number of benzene rings is 8. The first kappa shape index (κ1) is 95.0. The van der Waals surface area contributed by atoms with E-state index < -0.39 is 34.2 Å². The molecule has 0 spiro atoms. The molecule has 3 aromatic heterocycles. The molecule has 99 heavy (non-hydrogen) atoms. The third kappa shape index (κ3) is 33.5. The molecule has 0 bridgehead atoms. The van der Waals surface area contributed by atoms with E-state index in [1.165, 1.54) is 118 Å². The van der Waals surface area contributed by atoms with E-state index in [0.717, 1.165) is 26.8 Å². The van der Waals surface area contributed by atoms with Crippen LogP contribution >= 0.6 is 185 Å². The zero-order chi connectivity index (χ0) is 72.4. The fraction of sp³-hybridized carbons (Fsp3) is 0.268. The zero-order valence-corrected chi connectivity index (χ0v) is 80.7. The monoisotopic (exact) mass is 2200 g/mol. The Balaban J connectivity index is 0.000000400. The zero-order valence-electron chi connectivity index (χ0n) is 57.9. The van der Waals surface area contributed by atoms with Crippen LogP contribution in [0.5, 0.6) is 0 Å². The molecule has 0 amide bonds. The molecule has 17 heteroatoms. The fourth-order valence-corrected chi connectivity index (χ4v) is 40.4. The molecule has 540 valence electrons. The minimum atomic E-state index is -2.06. The Labute approximate surface area is 702 Å².